The first-order chi connectivity index (χ1) is 31.6. The molecule has 0 saturated heterocycles. The number of hydrogen-bond donors (Lipinski definition) is 0. The Kier molecular flexibility index (Phi) is 10.6. The second-order valence-electron chi connectivity index (χ2n) is 21.0. The van der Waals surface area contributed by atoms with Gasteiger partial charge in [0, 0.05) is 27.5 Å². The Hall–Kier alpha value is -7.16. The molecule has 326 valence electrons. The first-order valence-corrected chi connectivity index (χ1v) is 23.4. The second-order valence-corrected chi connectivity index (χ2v) is 21.0. The van der Waals surface area contributed by atoms with Gasteiger partial charge in [0.25, 0.3) is 0 Å². The number of rotatable bonds is 7. The van der Waals surface area contributed by atoms with Gasteiger partial charge in [-0.25, -0.2) is 0 Å². The highest BCUT2D eigenvalue weighted by Crippen LogP contribution is 2.51. The predicted molar refractivity (Wildman–Crippen MR) is 284 cm³/mol. The predicted octanol–water partition coefficient (Wildman–Crippen LogP) is 18.8. The highest BCUT2D eigenvalue weighted by molar-refractivity contribution is 6.15. The van der Waals surface area contributed by atoms with Crippen molar-refractivity contribution in [1.82, 2.24) is 0 Å². The van der Waals surface area contributed by atoms with Crippen molar-refractivity contribution in [3.8, 4) is 44.5 Å². The molecule has 0 N–H and O–H groups in total. The fraction of sp³-hybridized carbons (Fsp3) is 0.188. The maximum absolute atomic E-state index is 6.50. The van der Waals surface area contributed by atoms with Crippen molar-refractivity contribution in [2.24, 2.45) is 0 Å². The Morgan fingerprint density at radius 2 is 0.758 bits per heavy atom. The summed E-state index contributed by atoms with van der Waals surface area (Å²) in [6.45, 7) is 20.8. The number of anilines is 3. The Bertz CT molecular complexity index is 3380. The SMILES string of the molecule is CC(C)(C)c1ccc(-c2ccccc2N(c2ccccc2-c2cccc3cccc(-c4cc(C(C)(C)C)cc(C(C)(C)C)c4)c23)c2ccccc2-c2cccc3oc4ccccc4c23)cc1. The van der Waals surface area contributed by atoms with Crippen LogP contribution in [0.5, 0.6) is 0 Å². The van der Waals surface area contributed by atoms with E-state index in [9.17, 15) is 0 Å². The molecular weight excluding hydrogens is 799 g/mol. The summed E-state index contributed by atoms with van der Waals surface area (Å²) in [5.74, 6) is 0. The van der Waals surface area contributed by atoms with Crippen LogP contribution in [-0.4, -0.2) is 0 Å². The fourth-order valence-electron chi connectivity index (χ4n) is 9.70. The number of hydrogen-bond acceptors (Lipinski definition) is 2. The van der Waals surface area contributed by atoms with Gasteiger partial charge in [-0.2, -0.15) is 0 Å². The molecule has 0 aliphatic heterocycles. The van der Waals surface area contributed by atoms with Gasteiger partial charge in [-0.15, -0.1) is 0 Å². The average molecular weight is 858 g/mol. The van der Waals surface area contributed by atoms with E-state index in [2.05, 4.69) is 255 Å². The molecule has 0 amide bonds. The van der Waals surface area contributed by atoms with Crippen molar-refractivity contribution >= 4 is 49.8 Å². The van der Waals surface area contributed by atoms with E-state index in [0.29, 0.717) is 0 Å². The Labute approximate surface area is 391 Å². The minimum Gasteiger partial charge on any atom is -0.456 e. The van der Waals surface area contributed by atoms with E-state index < -0.39 is 0 Å². The van der Waals surface area contributed by atoms with Crippen LogP contribution in [0.4, 0.5) is 17.1 Å². The Morgan fingerprint density at radius 1 is 0.318 bits per heavy atom. The van der Waals surface area contributed by atoms with E-state index >= 15 is 0 Å². The Balaban J connectivity index is 1.27. The fourth-order valence-corrected chi connectivity index (χ4v) is 9.70. The molecule has 2 nitrogen and oxygen atoms in total. The Morgan fingerprint density at radius 3 is 1.33 bits per heavy atom. The van der Waals surface area contributed by atoms with Gasteiger partial charge in [0.2, 0.25) is 0 Å². The summed E-state index contributed by atoms with van der Waals surface area (Å²) in [6, 6.07) is 71.7. The highest BCUT2D eigenvalue weighted by Gasteiger charge is 2.27. The van der Waals surface area contributed by atoms with Crippen LogP contribution in [0.15, 0.2) is 199 Å². The molecule has 10 rings (SSSR count). The van der Waals surface area contributed by atoms with Crippen LogP contribution in [-0.2, 0) is 16.2 Å². The monoisotopic (exact) mass is 857 g/mol. The zero-order valence-electron chi connectivity index (χ0n) is 39.8. The van der Waals surface area contributed by atoms with Gasteiger partial charge in [0.15, 0.2) is 0 Å². The molecule has 9 aromatic carbocycles. The lowest BCUT2D eigenvalue weighted by molar-refractivity contribution is 0.569. The minimum absolute atomic E-state index is 0.0164. The maximum atomic E-state index is 6.50. The lowest BCUT2D eigenvalue weighted by Crippen LogP contribution is -2.16. The molecule has 0 saturated carbocycles. The summed E-state index contributed by atoms with van der Waals surface area (Å²) in [5.41, 5.74) is 18.4. The summed E-state index contributed by atoms with van der Waals surface area (Å²) in [4.78, 5) is 2.51. The standard InChI is InChI=1S/C64H59NO/c1-62(2,3)45-37-35-42(36-38-45)48-23-10-14-30-55(48)65(57-32-16-12-25-51(57)53-29-20-34-59-61(53)54-26-13-17-33-58(54)66-59)56-31-15-11-24-50(56)52-28-19-22-43-21-18-27-49(60(43)52)44-39-46(63(4,5)6)41-47(40-44)64(7,8)9/h10-41H,1-9H3. The van der Waals surface area contributed by atoms with Crippen molar-refractivity contribution in [2.75, 3.05) is 4.90 Å². The van der Waals surface area contributed by atoms with Crippen LogP contribution < -0.4 is 4.90 Å². The van der Waals surface area contributed by atoms with Crippen LogP contribution in [0.1, 0.15) is 79.0 Å². The van der Waals surface area contributed by atoms with E-state index in [-0.39, 0.29) is 16.2 Å². The lowest BCUT2D eigenvalue weighted by atomic mass is 9.78. The van der Waals surface area contributed by atoms with Crippen molar-refractivity contribution in [3.05, 3.63) is 211 Å². The maximum Gasteiger partial charge on any atom is 0.136 e. The zero-order chi connectivity index (χ0) is 46.0. The van der Waals surface area contributed by atoms with E-state index in [1.165, 1.54) is 49.7 Å². The molecule has 0 fully saturated rings. The van der Waals surface area contributed by atoms with Gasteiger partial charge in [-0.3, -0.25) is 0 Å². The van der Waals surface area contributed by atoms with Crippen molar-refractivity contribution in [3.63, 3.8) is 0 Å². The summed E-state index contributed by atoms with van der Waals surface area (Å²) < 4.78 is 6.50. The van der Waals surface area contributed by atoms with E-state index in [0.717, 1.165) is 61.3 Å². The first-order valence-electron chi connectivity index (χ1n) is 23.4. The summed E-state index contributed by atoms with van der Waals surface area (Å²) in [5, 5.41) is 4.68. The number of nitrogens with zero attached hydrogens (tertiary/aromatic N) is 1. The molecule has 0 unspecified atom stereocenters. The zero-order valence-corrected chi connectivity index (χ0v) is 39.8. The van der Waals surface area contributed by atoms with Gasteiger partial charge in [-0.1, -0.05) is 226 Å². The number of benzene rings is 9. The van der Waals surface area contributed by atoms with Gasteiger partial charge in [-0.05, 0) is 102 Å². The van der Waals surface area contributed by atoms with Gasteiger partial charge < -0.3 is 9.32 Å². The molecule has 1 aromatic heterocycles. The van der Waals surface area contributed by atoms with Crippen molar-refractivity contribution in [1.29, 1.82) is 0 Å². The van der Waals surface area contributed by atoms with Crippen LogP contribution in [0, 0.1) is 0 Å². The van der Waals surface area contributed by atoms with Crippen LogP contribution in [0.2, 0.25) is 0 Å². The molecule has 66 heavy (non-hydrogen) atoms. The van der Waals surface area contributed by atoms with Crippen molar-refractivity contribution in [2.45, 2.75) is 78.6 Å². The summed E-state index contributed by atoms with van der Waals surface area (Å²) in [6.07, 6.45) is 0. The van der Waals surface area contributed by atoms with Crippen LogP contribution >= 0.6 is 0 Å². The molecule has 2 heteroatoms. The van der Waals surface area contributed by atoms with Gasteiger partial charge in [0.05, 0.1) is 17.1 Å². The smallest absolute Gasteiger partial charge is 0.136 e. The molecule has 1 heterocycles. The van der Waals surface area contributed by atoms with Crippen LogP contribution in [0.3, 0.4) is 0 Å². The van der Waals surface area contributed by atoms with E-state index in [1.54, 1.807) is 0 Å². The first kappa shape index (κ1) is 42.8. The molecule has 10 aromatic rings. The largest absolute Gasteiger partial charge is 0.456 e. The molecule has 0 bridgehead atoms. The quantitative estimate of drug-likeness (QED) is 0.159. The molecule has 0 spiro atoms. The van der Waals surface area contributed by atoms with E-state index in [4.69, 9.17) is 4.42 Å². The van der Waals surface area contributed by atoms with Gasteiger partial charge in [0.1, 0.15) is 11.2 Å². The highest BCUT2D eigenvalue weighted by atomic mass is 16.3. The molecule has 0 aliphatic rings. The summed E-state index contributed by atoms with van der Waals surface area (Å²) >= 11 is 0. The average Bonchev–Trinajstić information content (AvgIpc) is 3.70. The lowest BCUT2D eigenvalue weighted by Gasteiger charge is -2.32. The van der Waals surface area contributed by atoms with E-state index in [1.807, 2.05) is 6.07 Å². The molecule has 0 atom stereocenters. The summed E-state index contributed by atoms with van der Waals surface area (Å²) in [7, 11) is 0. The molecule has 0 radical (unpaired) electrons. The molecule has 0 aliphatic carbocycles. The minimum atomic E-state index is -0.0164. The number of para-hydroxylation sites is 4. The third kappa shape index (κ3) is 7.79. The molecular formula is C64H59NO. The van der Waals surface area contributed by atoms with Gasteiger partial charge >= 0.3 is 0 Å². The topological polar surface area (TPSA) is 16.4 Å². The number of fused-ring (bicyclic) bond motifs is 4. The number of furan rings is 1. The third-order valence-corrected chi connectivity index (χ3v) is 13.4. The van der Waals surface area contributed by atoms with Crippen LogP contribution in [0.25, 0.3) is 77.2 Å². The van der Waals surface area contributed by atoms with Crippen molar-refractivity contribution < 1.29 is 4.42 Å². The second kappa shape index (κ2) is 16.4. The normalized spacial score (nSPS) is 12.3. The third-order valence-electron chi connectivity index (χ3n) is 13.4.